The van der Waals surface area contributed by atoms with Crippen LogP contribution in [0.2, 0.25) is 8.67 Å². The zero-order chi connectivity index (χ0) is 40.8. The van der Waals surface area contributed by atoms with Crippen molar-refractivity contribution in [3.8, 4) is 0 Å². The summed E-state index contributed by atoms with van der Waals surface area (Å²) in [5.74, 6) is -2.74. The lowest BCUT2D eigenvalue weighted by Crippen LogP contribution is -3.13. The number of thiophene rings is 1. The Balaban J connectivity index is 1.26. The normalized spacial score (nSPS) is 30.8. The zero-order valence-electron chi connectivity index (χ0n) is 32.0. The van der Waals surface area contributed by atoms with Gasteiger partial charge in [0.2, 0.25) is 5.91 Å². The quantitative estimate of drug-likeness (QED) is 0.265. The first-order valence-electron chi connectivity index (χ1n) is 19.1. The molecule has 3 fully saturated rings. The summed E-state index contributed by atoms with van der Waals surface area (Å²) in [5, 5.41) is 16.0. The molecule has 2 saturated heterocycles. The summed E-state index contributed by atoms with van der Waals surface area (Å²) in [7, 11) is -4.48. The Morgan fingerprint density at radius 1 is 1.14 bits per heavy atom. The van der Waals surface area contributed by atoms with Crippen LogP contribution in [0, 0.1) is 11.1 Å². The first-order valence-corrected chi connectivity index (χ1v) is 22.1. The van der Waals surface area contributed by atoms with E-state index in [9.17, 15) is 32.8 Å². The molecule has 1 aromatic rings. The minimum atomic E-state index is -4.48. The van der Waals surface area contributed by atoms with E-state index in [0.717, 1.165) is 36.7 Å². The van der Waals surface area contributed by atoms with E-state index in [0.29, 0.717) is 30.4 Å². The number of amides is 4. The number of sulfonamides is 1. The van der Waals surface area contributed by atoms with Gasteiger partial charge >= 0.3 is 6.09 Å². The second kappa shape index (κ2) is 16.5. The van der Waals surface area contributed by atoms with E-state index in [1.165, 1.54) is 16.7 Å². The van der Waals surface area contributed by atoms with Crippen molar-refractivity contribution in [3.05, 3.63) is 43.2 Å². The molecule has 5 aliphatic rings. The molecule has 0 bridgehead atoms. The van der Waals surface area contributed by atoms with Gasteiger partial charge in [-0.1, -0.05) is 61.0 Å². The summed E-state index contributed by atoms with van der Waals surface area (Å²) in [6.45, 7) is 6.47. The fourth-order valence-corrected chi connectivity index (χ4v) is 11.3. The maximum atomic E-state index is 15.3. The van der Waals surface area contributed by atoms with Crippen molar-refractivity contribution in [2.45, 2.75) is 132 Å². The topological polar surface area (TPSA) is 179 Å². The first-order chi connectivity index (χ1) is 26.2. The standard InChI is InChI=1S/C37H50Cl2FN5O9S2/c1-35(2,3)53-21-45(50)26-13-9-7-5-6-8-12-23-17-37(23,33(48)42-56(51,52)28-16-29(38)55-30(28)39)41-31(46)27-15-24(19-44(27)32(26)47)54-34(49)43-18-22-11-10-14-36(4,40)25(22)20-43/h10-11,16,23-24,26-27,45H,5-9,12-15,17-21H2,1-4H3,(H,41,46)(H,42,48). The third kappa shape index (κ3) is 9.39. The average Bonchev–Trinajstić information content (AvgIpc) is 3.41. The Labute approximate surface area is 340 Å². The van der Waals surface area contributed by atoms with Gasteiger partial charge in [-0.05, 0) is 70.1 Å². The number of ether oxygens (including phenoxy) is 2. The lowest BCUT2D eigenvalue weighted by atomic mass is 9.87. The predicted molar refractivity (Wildman–Crippen MR) is 207 cm³/mol. The van der Waals surface area contributed by atoms with Crippen LogP contribution in [0.5, 0.6) is 0 Å². The number of hydroxylamine groups is 2. The summed E-state index contributed by atoms with van der Waals surface area (Å²) in [6, 6.07) is -1.29. The van der Waals surface area contributed by atoms with Crippen LogP contribution in [-0.2, 0) is 33.9 Å². The van der Waals surface area contributed by atoms with E-state index < -0.39 is 79.8 Å². The molecule has 3 N–H and O–H groups in total. The third-order valence-electron chi connectivity index (χ3n) is 11.3. The van der Waals surface area contributed by atoms with E-state index in [1.807, 2.05) is 0 Å². The van der Waals surface area contributed by atoms with Gasteiger partial charge in [-0.2, -0.15) is 0 Å². The largest absolute Gasteiger partial charge is 0.632 e. The van der Waals surface area contributed by atoms with Crippen LogP contribution in [0.1, 0.15) is 91.9 Å². The number of hydrogen-bond donors (Lipinski definition) is 3. The zero-order valence-corrected chi connectivity index (χ0v) is 35.1. The fourth-order valence-electron chi connectivity index (χ4n) is 8.09. The van der Waals surface area contributed by atoms with E-state index in [-0.39, 0.29) is 65.6 Å². The Kier molecular flexibility index (Phi) is 12.6. The molecule has 19 heteroatoms. The van der Waals surface area contributed by atoms with Crippen LogP contribution >= 0.6 is 34.5 Å². The van der Waals surface area contributed by atoms with Gasteiger partial charge < -0.3 is 30.0 Å². The second-order valence-corrected chi connectivity index (χ2v) is 20.6. The average molecular weight is 863 g/mol. The number of halogens is 3. The summed E-state index contributed by atoms with van der Waals surface area (Å²) in [4.78, 5) is 58.6. The van der Waals surface area contributed by atoms with Crippen molar-refractivity contribution in [3.63, 3.8) is 0 Å². The van der Waals surface area contributed by atoms with E-state index >= 15 is 4.39 Å². The Hall–Kier alpha value is -2.80. The maximum Gasteiger partial charge on any atom is 0.410 e. The molecule has 6 rings (SSSR count). The second-order valence-electron chi connectivity index (χ2n) is 16.7. The number of carbonyl (C=O) groups excluding carboxylic acids is 4. The van der Waals surface area contributed by atoms with Crippen LogP contribution in [0.15, 0.2) is 34.3 Å². The smallest absolute Gasteiger partial charge is 0.410 e. The molecule has 7 unspecified atom stereocenters. The molecule has 0 spiro atoms. The van der Waals surface area contributed by atoms with Gasteiger partial charge in [-0.15, -0.1) is 11.3 Å². The van der Waals surface area contributed by atoms with Crippen LogP contribution in [0.4, 0.5) is 9.18 Å². The lowest BCUT2D eigenvalue weighted by Gasteiger charge is -2.36. The highest BCUT2D eigenvalue weighted by Crippen LogP contribution is 2.48. The number of hydrogen-bond acceptors (Lipinski definition) is 10. The Morgan fingerprint density at radius 3 is 2.50 bits per heavy atom. The van der Waals surface area contributed by atoms with Crippen LogP contribution in [0.3, 0.4) is 0 Å². The van der Waals surface area contributed by atoms with E-state index in [2.05, 4.69) is 10.0 Å². The number of allylic oxidation sites excluding steroid dienone is 1. The molecular formula is C37H50Cl2FN5O9S2. The summed E-state index contributed by atoms with van der Waals surface area (Å²) in [6.07, 6.45) is 6.32. The SMILES string of the molecule is CC(C)(C)OC[NH+]([O-])C1CCCCCCCC2CC2(C(=O)NS(=O)(=O)c2cc(Cl)sc2Cl)NC(=O)C2CC(OC(=O)N3CC4=C(C3)C(C)(F)CC=C4)CN2C1=O. The predicted octanol–water partition coefficient (Wildman–Crippen LogP) is 4.41. The van der Waals surface area contributed by atoms with Crippen LogP contribution < -0.4 is 15.1 Å². The molecule has 2 aliphatic carbocycles. The van der Waals surface area contributed by atoms with Gasteiger partial charge in [-0.3, -0.25) is 19.3 Å². The molecule has 14 nitrogen and oxygen atoms in total. The van der Waals surface area contributed by atoms with Gasteiger partial charge in [0.15, 0.2) is 12.8 Å². The van der Waals surface area contributed by atoms with Crippen LogP contribution in [0.25, 0.3) is 0 Å². The van der Waals surface area contributed by atoms with Crippen LogP contribution in [-0.4, -0.2) is 103 Å². The van der Waals surface area contributed by atoms with Crippen molar-refractivity contribution in [2.75, 3.05) is 26.4 Å². The molecule has 0 aromatic carbocycles. The molecule has 3 aliphatic heterocycles. The van der Waals surface area contributed by atoms with Gasteiger partial charge in [0, 0.05) is 32.4 Å². The summed E-state index contributed by atoms with van der Waals surface area (Å²) < 4.78 is 55.6. The van der Waals surface area contributed by atoms with Crippen molar-refractivity contribution in [1.29, 1.82) is 0 Å². The van der Waals surface area contributed by atoms with Crippen molar-refractivity contribution in [1.82, 2.24) is 19.8 Å². The number of quaternary nitrogens is 1. The van der Waals surface area contributed by atoms with Gasteiger partial charge in [0.05, 0.1) is 16.5 Å². The first kappa shape index (κ1) is 42.8. The minimum absolute atomic E-state index is 0.0276. The molecule has 7 atom stereocenters. The van der Waals surface area contributed by atoms with Gasteiger partial charge in [0.1, 0.15) is 32.6 Å². The number of carbonyl (C=O) groups is 4. The summed E-state index contributed by atoms with van der Waals surface area (Å²) in [5.41, 5.74) is -2.69. The van der Waals surface area contributed by atoms with E-state index in [1.54, 1.807) is 32.9 Å². The molecule has 4 amide bonds. The number of alkyl halides is 1. The van der Waals surface area contributed by atoms with Crippen molar-refractivity contribution < 1.29 is 46.5 Å². The molecule has 0 radical (unpaired) electrons. The number of nitrogens with zero attached hydrogens (tertiary/aromatic N) is 2. The molecule has 310 valence electrons. The monoisotopic (exact) mass is 861 g/mol. The number of nitrogens with one attached hydrogen (secondary N) is 3. The molecule has 1 aromatic heterocycles. The minimum Gasteiger partial charge on any atom is -0.632 e. The highest BCUT2D eigenvalue weighted by molar-refractivity contribution is 7.90. The highest BCUT2D eigenvalue weighted by atomic mass is 35.5. The van der Waals surface area contributed by atoms with Crippen molar-refractivity contribution >= 4 is 68.4 Å². The maximum absolute atomic E-state index is 15.3. The fraction of sp³-hybridized carbons (Fsp3) is 0.676. The van der Waals surface area contributed by atoms with E-state index in [4.69, 9.17) is 32.7 Å². The van der Waals surface area contributed by atoms with Gasteiger partial charge in [-0.25, -0.2) is 22.3 Å². The number of rotatable bonds is 7. The number of fused-ring (bicyclic) bond motifs is 2. The van der Waals surface area contributed by atoms with Gasteiger partial charge in [0.25, 0.3) is 21.8 Å². The molecule has 1 saturated carbocycles. The Bertz CT molecular complexity index is 1900. The molecule has 4 heterocycles. The Morgan fingerprint density at radius 2 is 1.84 bits per heavy atom. The molecular weight excluding hydrogens is 812 g/mol. The lowest BCUT2D eigenvalue weighted by molar-refractivity contribution is -0.889. The van der Waals surface area contributed by atoms with Crippen molar-refractivity contribution in [2.24, 2.45) is 5.92 Å². The molecule has 56 heavy (non-hydrogen) atoms. The third-order valence-corrected chi connectivity index (χ3v) is 14.4. The summed E-state index contributed by atoms with van der Waals surface area (Å²) >= 11 is 12.9. The highest BCUT2D eigenvalue weighted by Gasteiger charge is 2.62.